The van der Waals surface area contributed by atoms with Crippen LogP contribution in [0, 0.1) is 0 Å². The first kappa shape index (κ1) is 19.6. The Morgan fingerprint density at radius 2 is 1.84 bits per heavy atom. The van der Waals surface area contributed by atoms with Crippen LogP contribution < -0.4 is 20.3 Å². The van der Waals surface area contributed by atoms with Crippen LogP contribution in [0.25, 0.3) is 10.8 Å². The normalized spacial score (nSPS) is 16.5. The highest BCUT2D eigenvalue weighted by molar-refractivity contribution is 5.88. The quantitative estimate of drug-likeness (QED) is 0.686. The van der Waals surface area contributed by atoms with E-state index >= 15 is 0 Å². The minimum atomic E-state index is -0.424. The molecule has 0 radical (unpaired) electrons. The Morgan fingerprint density at radius 1 is 1.10 bits per heavy atom. The SMILES string of the molecule is CCn1nc(CC(=O)NC2(c3ccc4c(c3)OCO4)CCCC2)c2ccccc2c1=O. The highest BCUT2D eigenvalue weighted by Crippen LogP contribution is 2.43. The van der Waals surface area contributed by atoms with Gasteiger partial charge in [-0.2, -0.15) is 5.10 Å². The second-order valence-electron chi connectivity index (χ2n) is 8.20. The van der Waals surface area contributed by atoms with Gasteiger partial charge in [-0.25, -0.2) is 4.68 Å². The second-order valence-corrected chi connectivity index (χ2v) is 8.20. The van der Waals surface area contributed by atoms with E-state index in [0.717, 1.165) is 48.1 Å². The number of nitrogens with zero attached hydrogens (tertiary/aromatic N) is 2. The highest BCUT2D eigenvalue weighted by Gasteiger charge is 2.38. The number of hydrogen-bond donors (Lipinski definition) is 1. The van der Waals surface area contributed by atoms with Crippen molar-refractivity contribution in [1.82, 2.24) is 15.1 Å². The maximum Gasteiger partial charge on any atom is 0.274 e. The first-order chi connectivity index (χ1) is 15.1. The number of carbonyl (C=O) groups excluding carboxylic acids is 1. The fourth-order valence-electron chi connectivity index (χ4n) is 4.77. The minimum Gasteiger partial charge on any atom is -0.454 e. The zero-order valence-electron chi connectivity index (χ0n) is 17.5. The molecule has 0 bridgehead atoms. The van der Waals surface area contributed by atoms with Crippen molar-refractivity contribution in [3.63, 3.8) is 0 Å². The Morgan fingerprint density at radius 3 is 2.61 bits per heavy atom. The summed E-state index contributed by atoms with van der Waals surface area (Å²) in [5, 5.41) is 9.11. The molecule has 2 aromatic carbocycles. The molecular weight excluding hydrogens is 394 g/mol. The van der Waals surface area contributed by atoms with Crippen molar-refractivity contribution in [2.45, 2.75) is 51.1 Å². The third-order valence-corrected chi connectivity index (χ3v) is 6.33. The zero-order valence-corrected chi connectivity index (χ0v) is 17.5. The number of aromatic nitrogens is 2. The fraction of sp³-hybridized carbons (Fsp3) is 0.375. The van der Waals surface area contributed by atoms with Gasteiger partial charge in [0.15, 0.2) is 11.5 Å². The Kier molecular flexibility index (Phi) is 4.88. The molecular formula is C24H25N3O4. The monoisotopic (exact) mass is 419 g/mol. The predicted molar refractivity (Wildman–Crippen MR) is 116 cm³/mol. The van der Waals surface area contributed by atoms with Crippen LogP contribution in [0.5, 0.6) is 11.5 Å². The molecule has 0 spiro atoms. The van der Waals surface area contributed by atoms with Crippen LogP contribution in [0.1, 0.15) is 43.9 Å². The van der Waals surface area contributed by atoms with Gasteiger partial charge in [-0.15, -0.1) is 0 Å². The standard InChI is InChI=1S/C24H25N3O4/c1-2-27-23(29)18-8-4-3-7-17(18)19(26-27)14-22(28)25-24(11-5-6-12-24)16-9-10-20-21(13-16)31-15-30-20/h3-4,7-10,13H,2,5-6,11-12,14-15H2,1H3,(H,25,28). The molecule has 1 aliphatic carbocycles. The third-order valence-electron chi connectivity index (χ3n) is 6.33. The fourth-order valence-corrected chi connectivity index (χ4v) is 4.77. The molecule has 31 heavy (non-hydrogen) atoms. The van der Waals surface area contributed by atoms with Crippen LogP contribution in [0.2, 0.25) is 0 Å². The van der Waals surface area contributed by atoms with Crippen molar-refractivity contribution in [3.8, 4) is 11.5 Å². The van der Waals surface area contributed by atoms with Gasteiger partial charge < -0.3 is 14.8 Å². The summed E-state index contributed by atoms with van der Waals surface area (Å²) in [5.74, 6) is 1.36. The number of amides is 1. The van der Waals surface area contributed by atoms with Crippen LogP contribution in [-0.2, 0) is 23.3 Å². The molecule has 1 N–H and O–H groups in total. The van der Waals surface area contributed by atoms with E-state index in [1.54, 1.807) is 6.07 Å². The van der Waals surface area contributed by atoms with Gasteiger partial charge in [-0.05, 0) is 43.5 Å². The lowest BCUT2D eigenvalue weighted by atomic mass is 9.87. The number of rotatable bonds is 5. The highest BCUT2D eigenvalue weighted by atomic mass is 16.7. The molecule has 1 saturated carbocycles. The van der Waals surface area contributed by atoms with Gasteiger partial charge >= 0.3 is 0 Å². The second kappa shape index (κ2) is 7.72. The van der Waals surface area contributed by atoms with Gasteiger partial charge in [0.25, 0.3) is 5.56 Å². The van der Waals surface area contributed by atoms with Gasteiger partial charge in [0.05, 0.1) is 23.0 Å². The summed E-state index contributed by atoms with van der Waals surface area (Å²) in [7, 11) is 0. The molecule has 2 heterocycles. The first-order valence-corrected chi connectivity index (χ1v) is 10.8. The van der Waals surface area contributed by atoms with E-state index in [-0.39, 0.29) is 24.7 Å². The molecule has 0 atom stereocenters. The summed E-state index contributed by atoms with van der Waals surface area (Å²) in [4.78, 5) is 25.8. The summed E-state index contributed by atoms with van der Waals surface area (Å²) in [5.41, 5.74) is 1.11. The lowest BCUT2D eigenvalue weighted by Gasteiger charge is -2.31. The van der Waals surface area contributed by atoms with Crippen LogP contribution in [-0.4, -0.2) is 22.5 Å². The van der Waals surface area contributed by atoms with Crippen molar-refractivity contribution in [3.05, 3.63) is 64.1 Å². The van der Waals surface area contributed by atoms with E-state index in [1.165, 1.54) is 4.68 Å². The van der Waals surface area contributed by atoms with E-state index < -0.39 is 5.54 Å². The molecule has 2 aliphatic rings. The number of benzene rings is 2. The smallest absolute Gasteiger partial charge is 0.274 e. The largest absolute Gasteiger partial charge is 0.454 e. The Labute approximate surface area is 180 Å². The molecule has 1 aromatic heterocycles. The van der Waals surface area contributed by atoms with Crippen LogP contribution in [0.4, 0.5) is 0 Å². The molecule has 7 nitrogen and oxygen atoms in total. The van der Waals surface area contributed by atoms with Crippen LogP contribution in [0.15, 0.2) is 47.3 Å². The number of nitrogens with one attached hydrogen (secondary N) is 1. The van der Waals surface area contributed by atoms with Gasteiger partial charge in [-0.3, -0.25) is 9.59 Å². The van der Waals surface area contributed by atoms with Crippen molar-refractivity contribution < 1.29 is 14.3 Å². The molecule has 1 amide bonds. The third kappa shape index (κ3) is 3.44. The average Bonchev–Trinajstić information content (AvgIpc) is 3.45. The lowest BCUT2D eigenvalue weighted by Crippen LogP contribution is -2.44. The molecule has 3 aromatic rings. The number of carbonyl (C=O) groups is 1. The average molecular weight is 419 g/mol. The number of fused-ring (bicyclic) bond motifs is 2. The van der Waals surface area contributed by atoms with Gasteiger partial charge in [0.2, 0.25) is 12.7 Å². The molecule has 7 heteroatoms. The van der Waals surface area contributed by atoms with E-state index in [4.69, 9.17) is 9.47 Å². The topological polar surface area (TPSA) is 82.5 Å². The summed E-state index contributed by atoms with van der Waals surface area (Å²) in [6.07, 6.45) is 3.97. The number of aryl methyl sites for hydroxylation is 1. The molecule has 0 unspecified atom stereocenters. The Hall–Kier alpha value is -3.35. The van der Waals surface area contributed by atoms with Gasteiger partial charge in [0, 0.05) is 11.9 Å². The lowest BCUT2D eigenvalue weighted by molar-refractivity contribution is -0.122. The molecule has 1 fully saturated rings. The Bertz CT molecular complexity index is 1210. The Balaban J connectivity index is 1.46. The van der Waals surface area contributed by atoms with Crippen molar-refractivity contribution in [2.75, 3.05) is 6.79 Å². The number of hydrogen-bond acceptors (Lipinski definition) is 5. The minimum absolute atomic E-state index is 0.0986. The van der Waals surface area contributed by atoms with Crippen molar-refractivity contribution >= 4 is 16.7 Å². The maximum absolute atomic E-state index is 13.2. The number of ether oxygens (including phenoxy) is 2. The summed E-state index contributed by atoms with van der Waals surface area (Å²) in [6, 6.07) is 13.3. The van der Waals surface area contributed by atoms with Crippen LogP contribution in [0.3, 0.4) is 0 Å². The summed E-state index contributed by atoms with van der Waals surface area (Å²) < 4.78 is 12.4. The van der Waals surface area contributed by atoms with E-state index in [1.807, 2.05) is 43.3 Å². The first-order valence-electron chi connectivity index (χ1n) is 10.8. The molecule has 0 saturated heterocycles. The molecule has 1 aliphatic heterocycles. The van der Waals surface area contributed by atoms with E-state index in [0.29, 0.717) is 17.6 Å². The zero-order chi connectivity index (χ0) is 21.4. The predicted octanol–water partition coefficient (Wildman–Crippen LogP) is 3.27. The van der Waals surface area contributed by atoms with Crippen molar-refractivity contribution in [2.24, 2.45) is 0 Å². The van der Waals surface area contributed by atoms with Crippen molar-refractivity contribution in [1.29, 1.82) is 0 Å². The molecule has 5 rings (SSSR count). The summed E-state index contributed by atoms with van der Waals surface area (Å²) >= 11 is 0. The van der Waals surface area contributed by atoms with Gasteiger partial charge in [0.1, 0.15) is 0 Å². The van der Waals surface area contributed by atoms with Gasteiger partial charge in [-0.1, -0.05) is 37.1 Å². The maximum atomic E-state index is 13.2. The summed E-state index contributed by atoms with van der Waals surface area (Å²) in [6.45, 7) is 2.56. The molecule has 160 valence electrons. The van der Waals surface area contributed by atoms with E-state index in [2.05, 4.69) is 10.4 Å². The van der Waals surface area contributed by atoms with Crippen LogP contribution >= 0.6 is 0 Å². The van der Waals surface area contributed by atoms with E-state index in [9.17, 15) is 9.59 Å².